The Morgan fingerprint density at radius 1 is 1.44 bits per heavy atom. The Morgan fingerprint density at radius 2 is 2.19 bits per heavy atom. The Balaban J connectivity index is 2.71. The molecule has 90 valence electrons. The second-order valence-electron chi connectivity index (χ2n) is 3.65. The van der Waals surface area contributed by atoms with Crippen LogP contribution in [0.15, 0.2) is 17.3 Å². The summed E-state index contributed by atoms with van der Waals surface area (Å²) in [6.45, 7) is 9.62. The molecular weight excluding hydrogens is 220 g/mol. The molecule has 0 saturated carbocycles. The van der Waals surface area contributed by atoms with E-state index < -0.39 is 0 Å². The SMILES string of the molecule is C=C(CC)CSc1nnc(CN)n1CCC. The van der Waals surface area contributed by atoms with E-state index in [9.17, 15) is 0 Å². The van der Waals surface area contributed by atoms with Crippen LogP contribution in [0.25, 0.3) is 0 Å². The minimum Gasteiger partial charge on any atom is -0.324 e. The van der Waals surface area contributed by atoms with Gasteiger partial charge in [0.25, 0.3) is 0 Å². The molecule has 0 aliphatic heterocycles. The Labute approximate surface area is 101 Å². The van der Waals surface area contributed by atoms with Gasteiger partial charge in [0, 0.05) is 12.3 Å². The summed E-state index contributed by atoms with van der Waals surface area (Å²) in [5.74, 6) is 1.77. The van der Waals surface area contributed by atoms with Crippen LogP contribution in [0.2, 0.25) is 0 Å². The third kappa shape index (κ3) is 3.35. The maximum atomic E-state index is 5.63. The number of thioether (sulfide) groups is 1. The molecule has 0 aliphatic carbocycles. The van der Waals surface area contributed by atoms with Crippen LogP contribution in [0, 0.1) is 0 Å². The zero-order valence-corrected chi connectivity index (χ0v) is 10.9. The van der Waals surface area contributed by atoms with Gasteiger partial charge in [-0.2, -0.15) is 0 Å². The van der Waals surface area contributed by atoms with Crippen molar-refractivity contribution in [2.45, 2.75) is 44.9 Å². The second-order valence-corrected chi connectivity index (χ2v) is 4.59. The Morgan fingerprint density at radius 3 is 2.75 bits per heavy atom. The molecule has 0 aliphatic rings. The molecule has 0 atom stereocenters. The highest BCUT2D eigenvalue weighted by molar-refractivity contribution is 7.99. The number of rotatable bonds is 7. The fourth-order valence-corrected chi connectivity index (χ4v) is 2.28. The quantitative estimate of drug-likeness (QED) is 0.586. The van der Waals surface area contributed by atoms with E-state index in [1.165, 1.54) is 5.57 Å². The Kier molecular flexibility index (Phi) is 5.55. The zero-order chi connectivity index (χ0) is 12.0. The molecule has 0 saturated heterocycles. The van der Waals surface area contributed by atoms with Gasteiger partial charge in [-0.05, 0) is 12.8 Å². The molecule has 2 N–H and O–H groups in total. The third-order valence-corrected chi connectivity index (χ3v) is 3.44. The van der Waals surface area contributed by atoms with E-state index in [0.717, 1.165) is 36.1 Å². The lowest BCUT2D eigenvalue weighted by Gasteiger charge is -2.07. The van der Waals surface area contributed by atoms with Gasteiger partial charge in [-0.25, -0.2) is 0 Å². The van der Waals surface area contributed by atoms with Gasteiger partial charge in [0.1, 0.15) is 5.82 Å². The summed E-state index contributed by atoms with van der Waals surface area (Å²) in [5, 5.41) is 9.22. The first-order chi connectivity index (χ1) is 7.72. The van der Waals surface area contributed by atoms with Gasteiger partial charge in [0.05, 0.1) is 6.54 Å². The van der Waals surface area contributed by atoms with Crippen LogP contribution in [-0.4, -0.2) is 20.5 Å². The van der Waals surface area contributed by atoms with Crippen molar-refractivity contribution in [1.29, 1.82) is 0 Å². The lowest BCUT2D eigenvalue weighted by molar-refractivity contribution is 0.592. The summed E-state index contributed by atoms with van der Waals surface area (Å²) in [4.78, 5) is 0. The van der Waals surface area contributed by atoms with Crippen molar-refractivity contribution in [3.63, 3.8) is 0 Å². The van der Waals surface area contributed by atoms with Crippen LogP contribution in [-0.2, 0) is 13.1 Å². The van der Waals surface area contributed by atoms with Gasteiger partial charge in [-0.15, -0.1) is 10.2 Å². The lowest BCUT2D eigenvalue weighted by atomic mass is 10.3. The van der Waals surface area contributed by atoms with Gasteiger partial charge in [-0.1, -0.05) is 37.8 Å². The monoisotopic (exact) mass is 240 g/mol. The van der Waals surface area contributed by atoms with Crippen LogP contribution < -0.4 is 5.73 Å². The van der Waals surface area contributed by atoms with Crippen molar-refractivity contribution in [2.75, 3.05) is 5.75 Å². The minimum absolute atomic E-state index is 0.447. The fourth-order valence-electron chi connectivity index (χ4n) is 1.29. The molecule has 16 heavy (non-hydrogen) atoms. The molecule has 1 aromatic rings. The van der Waals surface area contributed by atoms with E-state index in [2.05, 4.69) is 35.2 Å². The molecule has 4 nitrogen and oxygen atoms in total. The average Bonchev–Trinajstić information content (AvgIpc) is 2.69. The van der Waals surface area contributed by atoms with E-state index in [1.807, 2.05) is 0 Å². The highest BCUT2D eigenvalue weighted by atomic mass is 32.2. The maximum Gasteiger partial charge on any atom is 0.191 e. The van der Waals surface area contributed by atoms with Crippen LogP contribution in [0.3, 0.4) is 0 Å². The number of nitrogens with two attached hydrogens (primary N) is 1. The fraction of sp³-hybridized carbons (Fsp3) is 0.636. The molecule has 0 amide bonds. The number of aromatic nitrogens is 3. The van der Waals surface area contributed by atoms with E-state index in [1.54, 1.807) is 11.8 Å². The van der Waals surface area contributed by atoms with Crippen LogP contribution >= 0.6 is 11.8 Å². The molecule has 1 heterocycles. The molecule has 5 heteroatoms. The summed E-state index contributed by atoms with van der Waals surface area (Å²) in [5.41, 5.74) is 6.85. The average molecular weight is 240 g/mol. The highest BCUT2D eigenvalue weighted by Crippen LogP contribution is 2.20. The van der Waals surface area contributed by atoms with E-state index in [4.69, 9.17) is 5.73 Å². The molecule has 0 spiro atoms. The molecule has 0 radical (unpaired) electrons. The van der Waals surface area contributed by atoms with Crippen molar-refractivity contribution in [2.24, 2.45) is 5.73 Å². The second kappa shape index (κ2) is 6.70. The standard InChI is InChI=1S/C11H20N4S/c1-4-6-15-10(7-12)13-14-11(15)16-8-9(3)5-2/h3-8,12H2,1-2H3. The number of hydrogen-bond acceptors (Lipinski definition) is 4. The molecular formula is C11H20N4S. The highest BCUT2D eigenvalue weighted by Gasteiger charge is 2.10. The predicted octanol–water partition coefficient (Wildman–Crippen LogP) is 2.21. The smallest absolute Gasteiger partial charge is 0.191 e. The van der Waals surface area contributed by atoms with E-state index in [0.29, 0.717) is 6.54 Å². The van der Waals surface area contributed by atoms with E-state index >= 15 is 0 Å². The summed E-state index contributed by atoms with van der Waals surface area (Å²) in [6.07, 6.45) is 2.08. The Hall–Kier alpha value is -0.810. The molecule has 0 fully saturated rings. The zero-order valence-electron chi connectivity index (χ0n) is 10.1. The minimum atomic E-state index is 0.447. The Bertz CT molecular complexity index is 346. The number of nitrogens with zero attached hydrogens (tertiary/aromatic N) is 3. The maximum absolute atomic E-state index is 5.63. The first-order valence-corrected chi connectivity index (χ1v) is 6.63. The lowest BCUT2D eigenvalue weighted by Crippen LogP contribution is -2.09. The van der Waals surface area contributed by atoms with Gasteiger partial charge >= 0.3 is 0 Å². The van der Waals surface area contributed by atoms with Crippen molar-refractivity contribution in [1.82, 2.24) is 14.8 Å². The van der Waals surface area contributed by atoms with E-state index in [-0.39, 0.29) is 0 Å². The van der Waals surface area contributed by atoms with Gasteiger partial charge in [-0.3, -0.25) is 0 Å². The summed E-state index contributed by atoms with van der Waals surface area (Å²) in [6, 6.07) is 0. The first kappa shape index (κ1) is 13.3. The third-order valence-electron chi connectivity index (χ3n) is 2.33. The molecule has 0 unspecified atom stereocenters. The normalized spacial score (nSPS) is 10.7. The number of hydrogen-bond donors (Lipinski definition) is 1. The first-order valence-electron chi connectivity index (χ1n) is 5.64. The summed E-state index contributed by atoms with van der Waals surface area (Å²) >= 11 is 1.69. The topological polar surface area (TPSA) is 56.7 Å². The van der Waals surface area contributed by atoms with Crippen LogP contribution in [0.1, 0.15) is 32.5 Å². The summed E-state index contributed by atoms with van der Waals surface area (Å²) in [7, 11) is 0. The largest absolute Gasteiger partial charge is 0.324 e. The van der Waals surface area contributed by atoms with Crippen molar-refractivity contribution < 1.29 is 0 Å². The molecule has 1 aromatic heterocycles. The van der Waals surface area contributed by atoms with Gasteiger partial charge in [0.2, 0.25) is 0 Å². The van der Waals surface area contributed by atoms with Crippen molar-refractivity contribution >= 4 is 11.8 Å². The predicted molar refractivity (Wildman–Crippen MR) is 68.4 cm³/mol. The van der Waals surface area contributed by atoms with Crippen molar-refractivity contribution in [3.8, 4) is 0 Å². The van der Waals surface area contributed by atoms with Gasteiger partial charge < -0.3 is 10.3 Å². The van der Waals surface area contributed by atoms with Crippen LogP contribution in [0.4, 0.5) is 0 Å². The van der Waals surface area contributed by atoms with Gasteiger partial charge in [0.15, 0.2) is 5.16 Å². The van der Waals surface area contributed by atoms with Crippen molar-refractivity contribution in [3.05, 3.63) is 18.0 Å². The molecule has 0 aromatic carbocycles. The van der Waals surface area contributed by atoms with Crippen LogP contribution in [0.5, 0.6) is 0 Å². The molecule has 0 bridgehead atoms. The molecule has 1 rings (SSSR count). The summed E-state index contributed by atoms with van der Waals surface area (Å²) < 4.78 is 2.10.